The van der Waals surface area contributed by atoms with Crippen LogP contribution in [0, 0.1) is 0 Å². The quantitative estimate of drug-likeness (QED) is 0.852. The molecule has 3 rings (SSSR count). The second-order valence-corrected chi connectivity index (χ2v) is 7.83. The molecule has 1 fully saturated rings. The number of hydrogen-bond donors (Lipinski definition) is 1. The normalized spacial score (nSPS) is 16.6. The van der Waals surface area contributed by atoms with E-state index in [-0.39, 0.29) is 11.6 Å². The van der Waals surface area contributed by atoms with Gasteiger partial charge >= 0.3 is 6.18 Å². The minimum atomic E-state index is -4.45. The number of alkyl halides is 3. The number of ether oxygens (including phenoxy) is 1. The summed E-state index contributed by atoms with van der Waals surface area (Å²) in [4.78, 5) is 0. The van der Waals surface area contributed by atoms with Crippen LogP contribution in [0.25, 0.3) is 0 Å². The number of nitrogens with one attached hydrogen (secondary N) is 1. The van der Waals surface area contributed by atoms with Crippen LogP contribution >= 0.6 is 0 Å². The van der Waals surface area contributed by atoms with Crippen molar-refractivity contribution in [1.82, 2.24) is 9.78 Å². The first kappa shape index (κ1) is 18.7. The number of halogens is 3. The van der Waals surface area contributed by atoms with Crippen LogP contribution in [-0.4, -0.2) is 31.4 Å². The van der Waals surface area contributed by atoms with Crippen molar-refractivity contribution >= 4 is 15.7 Å². The van der Waals surface area contributed by atoms with Crippen LogP contribution < -0.4 is 4.72 Å². The molecule has 0 bridgehead atoms. The molecule has 2 heterocycles. The van der Waals surface area contributed by atoms with Gasteiger partial charge in [0.05, 0.1) is 29.2 Å². The molecule has 0 radical (unpaired) electrons. The first-order chi connectivity index (χ1) is 12.2. The third-order valence-corrected chi connectivity index (χ3v) is 5.34. The Morgan fingerprint density at radius 1 is 1.19 bits per heavy atom. The molecule has 26 heavy (non-hydrogen) atoms. The van der Waals surface area contributed by atoms with Crippen molar-refractivity contribution in [1.29, 1.82) is 0 Å². The Morgan fingerprint density at radius 3 is 2.46 bits per heavy atom. The molecular weight excluding hydrogens is 371 g/mol. The zero-order valence-electron chi connectivity index (χ0n) is 13.7. The van der Waals surface area contributed by atoms with E-state index in [0.717, 1.165) is 37.1 Å². The standard InChI is InChI=1S/C16H18F3N3O3S/c17-16(18,19)13-3-1-12(2-4-13)11-26(23,24)21-14-9-20-22(10-14)15-5-7-25-8-6-15/h1-4,9-10,15,21H,5-8,11H2. The Labute approximate surface area is 149 Å². The third-order valence-electron chi connectivity index (χ3n) is 4.08. The molecule has 1 aliphatic heterocycles. The average molecular weight is 389 g/mol. The fourth-order valence-electron chi connectivity index (χ4n) is 2.77. The molecule has 142 valence electrons. The molecule has 0 atom stereocenters. The van der Waals surface area contributed by atoms with Gasteiger partial charge in [0.15, 0.2) is 0 Å². The molecule has 1 aliphatic rings. The molecule has 0 unspecified atom stereocenters. The Balaban J connectivity index is 1.64. The molecular formula is C16H18F3N3O3S. The molecule has 1 aromatic heterocycles. The fourth-order valence-corrected chi connectivity index (χ4v) is 3.93. The molecule has 1 N–H and O–H groups in total. The van der Waals surface area contributed by atoms with Gasteiger partial charge in [-0.05, 0) is 30.5 Å². The van der Waals surface area contributed by atoms with E-state index < -0.39 is 27.5 Å². The summed E-state index contributed by atoms with van der Waals surface area (Å²) in [6.45, 7) is 1.28. The lowest BCUT2D eigenvalue weighted by Crippen LogP contribution is -2.20. The first-order valence-corrected chi connectivity index (χ1v) is 9.67. The highest BCUT2D eigenvalue weighted by atomic mass is 32.2. The predicted molar refractivity (Wildman–Crippen MR) is 89.0 cm³/mol. The molecule has 0 amide bonds. The highest BCUT2D eigenvalue weighted by Gasteiger charge is 2.30. The van der Waals surface area contributed by atoms with Crippen LogP contribution in [0.2, 0.25) is 0 Å². The van der Waals surface area contributed by atoms with Crippen LogP contribution in [0.5, 0.6) is 0 Å². The molecule has 0 aliphatic carbocycles. The van der Waals surface area contributed by atoms with Gasteiger partial charge in [-0.2, -0.15) is 18.3 Å². The highest BCUT2D eigenvalue weighted by molar-refractivity contribution is 7.91. The second-order valence-electron chi connectivity index (χ2n) is 6.11. The highest BCUT2D eigenvalue weighted by Crippen LogP contribution is 2.29. The monoisotopic (exact) mass is 389 g/mol. The van der Waals surface area contributed by atoms with Crippen molar-refractivity contribution in [3.8, 4) is 0 Å². The van der Waals surface area contributed by atoms with Crippen molar-refractivity contribution in [2.24, 2.45) is 0 Å². The van der Waals surface area contributed by atoms with Gasteiger partial charge in [-0.15, -0.1) is 0 Å². The minimum Gasteiger partial charge on any atom is -0.381 e. The van der Waals surface area contributed by atoms with Gasteiger partial charge in [-0.25, -0.2) is 8.42 Å². The van der Waals surface area contributed by atoms with Gasteiger partial charge in [0.1, 0.15) is 0 Å². The van der Waals surface area contributed by atoms with E-state index in [2.05, 4.69) is 9.82 Å². The van der Waals surface area contributed by atoms with E-state index >= 15 is 0 Å². The van der Waals surface area contributed by atoms with Crippen LogP contribution in [-0.2, 0) is 26.7 Å². The van der Waals surface area contributed by atoms with Gasteiger partial charge in [-0.1, -0.05) is 12.1 Å². The van der Waals surface area contributed by atoms with Gasteiger partial charge < -0.3 is 4.74 Å². The van der Waals surface area contributed by atoms with Gasteiger partial charge in [-0.3, -0.25) is 9.40 Å². The summed E-state index contributed by atoms with van der Waals surface area (Å²) < 4.78 is 71.5. The zero-order chi connectivity index (χ0) is 18.8. The fraction of sp³-hybridized carbons (Fsp3) is 0.438. The van der Waals surface area contributed by atoms with E-state index in [9.17, 15) is 21.6 Å². The van der Waals surface area contributed by atoms with Crippen molar-refractivity contribution in [2.45, 2.75) is 30.8 Å². The predicted octanol–water partition coefficient (Wildman–Crippen LogP) is 3.20. The summed E-state index contributed by atoms with van der Waals surface area (Å²) in [5.41, 5.74) is -0.227. The summed E-state index contributed by atoms with van der Waals surface area (Å²) in [7, 11) is -3.76. The third kappa shape index (κ3) is 4.76. The van der Waals surface area contributed by atoms with Crippen LogP contribution in [0.1, 0.15) is 30.0 Å². The maximum absolute atomic E-state index is 12.6. The average Bonchev–Trinajstić information content (AvgIpc) is 3.02. The molecule has 0 spiro atoms. The lowest BCUT2D eigenvalue weighted by molar-refractivity contribution is -0.137. The summed E-state index contributed by atoms with van der Waals surface area (Å²) in [6.07, 6.45) is 0.188. The van der Waals surface area contributed by atoms with E-state index in [1.807, 2.05) is 0 Å². The first-order valence-electron chi connectivity index (χ1n) is 8.01. The lowest BCUT2D eigenvalue weighted by Gasteiger charge is -2.22. The van der Waals surface area contributed by atoms with Crippen LogP contribution in [0.4, 0.5) is 18.9 Å². The smallest absolute Gasteiger partial charge is 0.381 e. The molecule has 10 heteroatoms. The topological polar surface area (TPSA) is 73.2 Å². The Hall–Kier alpha value is -2.07. The van der Waals surface area contributed by atoms with Crippen molar-refractivity contribution in [3.05, 3.63) is 47.8 Å². The Bertz CT molecular complexity index is 842. The summed E-state index contributed by atoms with van der Waals surface area (Å²) in [5, 5.41) is 4.18. The summed E-state index contributed by atoms with van der Waals surface area (Å²) in [5.74, 6) is -0.423. The zero-order valence-corrected chi connectivity index (χ0v) is 14.6. The van der Waals surface area contributed by atoms with Crippen molar-refractivity contribution in [3.63, 3.8) is 0 Å². The Morgan fingerprint density at radius 2 is 1.85 bits per heavy atom. The number of sulfonamides is 1. The molecule has 6 nitrogen and oxygen atoms in total. The maximum atomic E-state index is 12.6. The van der Waals surface area contributed by atoms with E-state index in [1.54, 1.807) is 10.9 Å². The van der Waals surface area contributed by atoms with Gasteiger partial charge in [0.25, 0.3) is 0 Å². The SMILES string of the molecule is O=S(=O)(Cc1ccc(C(F)(F)F)cc1)Nc1cnn(C2CCOCC2)c1. The molecule has 1 saturated heterocycles. The van der Waals surface area contributed by atoms with E-state index in [0.29, 0.717) is 18.9 Å². The number of rotatable bonds is 5. The number of aromatic nitrogens is 2. The largest absolute Gasteiger partial charge is 0.416 e. The number of nitrogens with zero attached hydrogens (tertiary/aromatic N) is 2. The van der Waals surface area contributed by atoms with Crippen molar-refractivity contribution in [2.75, 3.05) is 17.9 Å². The summed E-state index contributed by atoms with van der Waals surface area (Å²) >= 11 is 0. The van der Waals surface area contributed by atoms with Gasteiger partial charge in [0.2, 0.25) is 10.0 Å². The molecule has 0 saturated carbocycles. The number of benzene rings is 1. The Kier molecular flexibility index (Phi) is 5.24. The summed E-state index contributed by atoms with van der Waals surface area (Å²) in [6, 6.07) is 4.22. The van der Waals surface area contributed by atoms with Crippen molar-refractivity contribution < 1.29 is 26.3 Å². The van der Waals surface area contributed by atoms with Crippen LogP contribution in [0.15, 0.2) is 36.7 Å². The number of anilines is 1. The second kappa shape index (κ2) is 7.28. The number of hydrogen-bond acceptors (Lipinski definition) is 4. The molecule has 2 aromatic rings. The maximum Gasteiger partial charge on any atom is 0.416 e. The van der Waals surface area contributed by atoms with Crippen LogP contribution in [0.3, 0.4) is 0 Å². The van der Waals surface area contributed by atoms with Gasteiger partial charge in [0, 0.05) is 19.4 Å². The minimum absolute atomic E-state index is 0.164. The van der Waals surface area contributed by atoms with E-state index in [1.165, 1.54) is 6.20 Å². The molecule has 1 aromatic carbocycles. The lowest BCUT2D eigenvalue weighted by atomic mass is 10.1. The van der Waals surface area contributed by atoms with E-state index in [4.69, 9.17) is 4.74 Å².